The predicted molar refractivity (Wildman–Crippen MR) is 182 cm³/mol. The first kappa shape index (κ1) is 38.0. The van der Waals surface area contributed by atoms with Crippen LogP contribution in [0.3, 0.4) is 0 Å². The average Bonchev–Trinajstić information content (AvgIpc) is 3.04. The van der Waals surface area contributed by atoms with E-state index in [1.165, 1.54) is 49.7 Å². The van der Waals surface area contributed by atoms with Crippen LogP contribution >= 0.6 is 15.9 Å². The molecule has 2 saturated carbocycles. The summed E-state index contributed by atoms with van der Waals surface area (Å²) in [4.78, 5) is 24.6. The number of hydrogen-bond donors (Lipinski definition) is 0. The number of halogens is 3. The van der Waals surface area contributed by atoms with E-state index in [2.05, 4.69) is 48.0 Å². The normalized spacial score (nSPS) is 23.3. The number of ether oxygens (including phenoxy) is 2. The highest BCUT2D eigenvalue weighted by atomic mass is 79.9. The second-order valence-corrected chi connectivity index (χ2v) is 14.5. The van der Waals surface area contributed by atoms with Gasteiger partial charge in [0.25, 0.3) is 0 Å². The van der Waals surface area contributed by atoms with Gasteiger partial charge in [-0.3, -0.25) is 0 Å². The summed E-state index contributed by atoms with van der Waals surface area (Å²) in [5, 5.41) is 0. The largest absolute Gasteiger partial charge is 0.460 e. The highest BCUT2D eigenvalue weighted by Crippen LogP contribution is 2.41. The molecule has 2 aliphatic carbocycles. The molecule has 2 atom stereocenters. The fourth-order valence-electron chi connectivity index (χ4n) is 7.05. The van der Waals surface area contributed by atoms with Crippen LogP contribution in [-0.2, 0) is 19.1 Å². The Hall–Kier alpha value is -1.50. The maximum atomic E-state index is 14.4. The van der Waals surface area contributed by atoms with Gasteiger partial charge in [0.2, 0.25) is 0 Å². The lowest BCUT2D eigenvalue weighted by Gasteiger charge is -2.31. The van der Waals surface area contributed by atoms with Crippen LogP contribution in [0.25, 0.3) is 0 Å². The smallest absolute Gasteiger partial charge is 0.340 e. The number of hydrogen-bond acceptors (Lipinski definition) is 4. The minimum absolute atomic E-state index is 0.188. The molecule has 2 aliphatic rings. The van der Waals surface area contributed by atoms with E-state index in [1.807, 2.05) is 0 Å². The molecule has 3 rings (SSSR count). The third-order valence-corrected chi connectivity index (χ3v) is 10.7. The van der Waals surface area contributed by atoms with E-state index in [-0.39, 0.29) is 25.0 Å². The molecule has 256 valence electrons. The van der Waals surface area contributed by atoms with Gasteiger partial charge in [-0.2, -0.15) is 0 Å². The van der Waals surface area contributed by atoms with Gasteiger partial charge in [0.05, 0.1) is 0 Å². The van der Waals surface area contributed by atoms with Crippen molar-refractivity contribution < 1.29 is 27.8 Å². The van der Waals surface area contributed by atoms with Crippen LogP contribution in [0.4, 0.5) is 8.78 Å². The second kappa shape index (κ2) is 21.4. The van der Waals surface area contributed by atoms with Gasteiger partial charge in [-0.25, -0.2) is 18.4 Å². The standard InChI is InChI=1S/C38H59BrF2O4/c1-3-5-7-9-11-13-15-35(40)37(42)44-31-22-17-28(18-23-31)30-21-26-33(34(39)27-30)29-19-24-32(25-20-29)45-38(43)36(41)16-14-12-10-8-6-4-2/h21,26-29,31-32,35-36H,3-20,22-25H2,1-2H3/t28?,29?,31?,32?,35-,36-/m0/s1. The molecule has 0 amide bonds. The van der Waals surface area contributed by atoms with E-state index < -0.39 is 24.3 Å². The van der Waals surface area contributed by atoms with Gasteiger partial charge < -0.3 is 9.47 Å². The Morgan fingerprint density at radius 1 is 0.667 bits per heavy atom. The van der Waals surface area contributed by atoms with Crippen molar-refractivity contribution in [1.82, 2.24) is 0 Å². The van der Waals surface area contributed by atoms with Crippen LogP contribution in [0.2, 0.25) is 0 Å². The first-order valence-corrected chi connectivity index (χ1v) is 19.1. The number of esters is 2. The number of alkyl halides is 2. The van der Waals surface area contributed by atoms with Crippen LogP contribution in [0.1, 0.15) is 178 Å². The highest BCUT2D eigenvalue weighted by Gasteiger charge is 2.30. The van der Waals surface area contributed by atoms with Gasteiger partial charge in [-0.1, -0.05) is 106 Å². The van der Waals surface area contributed by atoms with Crippen LogP contribution in [0, 0.1) is 0 Å². The van der Waals surface area contributed by atoms with E-state index >= 15 is 0 Å². The van der Waals surface area contributed by atoms with Gasteiger partial charge in [0.1, 0.15) is 12.2 Å². The Labute approximate surface area is 280 Å². The third kappa shape index (κ3) is 13.6. The maximum absolute atomic E-state index is 14.4. The zero-order valence-corrected chi connectivity index (χ0v) is 29.6. The van der Waals surface area contributed by atoms with Crippen LogP contribution in [-0.4, -0.2) is 36.5 Å². The van der Waals surface area contributed by atoms with Crippen LogP contribution in [0.5, 0.6) is 0 Å². The summed E-state index contributed by atoms with van der Waals surface area (Å²) in [6.45, 7) is 4.35. The summed E-state index contributed by atoms with van der Waals surface area (Å²) >= 11 is 3.82. The first-order chi connectivity index (χ1) is 21.8. The molecular weight excluding hydrogens is 638 g/mol. The highest BCUT2D eigenvalue weighted by molar-refractivity contribution is 9.10. The molecule has 1 aromatic rings. The van der Waals surface area contributed by atoms with E-state index in [4.69, 9.17) is 9.47 Å². The molecule has 45 heavy (non-hydrogen) atoms. The van der Waals surface area contributed by atoms with Crippen molar-refractivity contribution in [2.24, 2.45) is 0 Å². The lowest BCUT2D eigenvalue weighted by Crippen LogP contribution is -2.28. The molecule has 0 heterocycles. The molecule has 0 N–H and O–H groups in total. The second-order valence-electron chi connectivity index (χ2n) is 13.6. The van der Waals surface area contributed by atoms with E-state index in [0.29, 0.717) is 11.8 Å². The SMILES string of the molecule is CCCCCCCC[C@H](F)C(=O)OC1CCC(c2ccc(C3CCC(OC(=O)[C@@H](F)CCCCCCCC)CC3)c(Br)c2)CC1. The fraction of sp³-hybridized carbons (Fsp3) is 0.789. The molecule has 0 saturated heterocycles. The molecule has 0 radical (unpaired) electrons. The lowest BCUT2D eigenvalue weighted by molar-refractivity contribution is -0.157. The summed E-state index contributed by atoms with van der Waals surface area (Å²) in [7, 11) is 0. The van der Waals surface area contributed by atoms with E-state index in [9.17, 15) is 18.4 Å². The minimum atomic E-state index is -1.51. The molecule has 0 unspecified atom stereocenters. The molecule has 1 aromatic carbocycles. The Balaban J connectivity index is 1.34. The van der Waals surface area contributed by atoms with Gasteiger partial charge in [-0.05, 0) is 106 Å². The number of rotatable bonds is 20. The molecule has 0 aliphatic heterocycles. The molecule has 0 spiro atoms. The van der Waals surface area contributed by atoms with Crippen molar-refractivity contribution in [1.29, 1.82) is 0 Å². The topological polar surface area (TPSA) is 52.6 Å². The van der Waals surface area contributed by atoms with Crippen molar-refractivity contribution in [3.05, 3.63) is 33.8 Å². The summed E-state index contributed by atoms with van der Waals surface area (Å²) in [5.41, 5.74) is 2.56. The van der Waals surface area contributed by atoms with Crippen molar-refractivity contribution >= 4 is 27.9 Å². The van der Waals surface area contributed by atoms with Crippen molar-refractivity contribution in [2.45, 2.75) is 191 Å². The zero-order valence-electron chi connectivity index (χ0n) is 28.0. The van der Waals surface area contributed by atoms with Crippen LogP contribution in [0.15, 0.2) is 22.7 Å². The van der Waals surface area contributed by atoms with Crippen molar-refractivity contribution in [2.75, 3.05) is 0 Å². The number of benzene rings is 1. The number of carbonyl (C=O) groups is 2. The Kier molecular flexibility index (Phi) is 18.0. The molecule has 0 aromatic heterocycles. The fourth-order valence-corrected chi connectivity index (χ4v) is 7.77. The summed E-state index contributed by atoms with van der Waals surface area (Å²) in [6.07, 6.45) is 16.7. The first-order valence-electron chi connectivity index (χ1n) is 18.3. The maximum Gasteiger partial charge on any atom is 0.340 e. The number of carbonyl (C=O) groups excluding carboxylic acids is 2. The third-order valence-electron chi connectivity index (χ3n) is 9.98. The van der Waals surface area contributed by atoms with Crippen molar-refractivity contribution in [3.63, 3.8) is 0 Å². The predicted octanol–water partition coefficient (Wildman–Crippen LogP) is 11.8. The van der Waals surface area contributed by atoms with Gasteiger partial charge in [0.15, 0.2) is 12.3 Å². The van der Waals surface area contributed by atoms with E-state index in [0.717, 1.165) is 94.4 Å². The quantitative estimate of drug-likeness (QED) is 0.101. The minimum Gasteiger partial charge on any atom is -0.460 e. The van der Waals surface area contributed by atoms with Crippen molar-refractivity contribution in [3.8, 4) is 0 Å². The molecule has 4 nitrogen and oxygen atoms in total. The van der Waals surface area contributed by atoms with E-state index in [1.54, 1.807) is 0 Å². The average molecular weight is 698 g/mol. The van der Waals surface area contributed by atoms with Gasteiger partial charge >= 0.3 is 11.9 Å². The summed E-state index contributed by atoms with van der Waals surface area (Å²) in [5.74, 6) is -0.580. The Bertz CT molecular complexity index is 988. The Morgan fingerprint density at radius 3 is 1.53 bits per heavy atom. The van der Waals surface area contributed by atoms with Gasteiger partial charge in [-0.15, -0.1) is 0 Å². The van der Waals surface area contributed by atoms with Crippen LogP contribution < -0.4 is 0 Å². The zero-order chi connectivity index (χ0) is 32.4. The Morgan fingerprint density at radius 2 is 1.09 bits per heavy atom. The lowest BCUT2D eigenvalue weighted by atomic mass is 9.80. The summed E-state index contributed by atoms with van der Waals surface area (Å²) < 4.78 is 41.0. The molecule has 7 heteroatoms. The van der Waals surface area contributed by atoms with Gasteiger partial charge in [0, 0.05) is 4.47 Å². The molecular formula is C38H59BrF2O4. The number of unbranched alkanes of at least 4 members (excludes halogenated alkanes) is 10. The molecule has 2 fully saturated rings. The summed E-state index contributed by atoms with van der Waals surface area (Å²) in [6, 6.07) is 6.67. The molecule has 0 bridgehead atoms. The monoisotopic (exact) mass is 696 g/mol.